The van der Waals surface area contributed by atoms with E-state index in [1.807, 2.05) is 0 Å². The van der Waals surface area contributed by atoms with Crippen LogP contribution in [0.5, 0.6) is 0 Å². The molecule has 1 aromatic heterocycles. The lowest BCUT2D eigenvalue weighted by molar-refractivity contribution is -0.113. The van der Waals surface area contributed by atoms with Crippen molar-refractivity contribution in [3.8, 4) is 0 Å². The molecule has 1 heterocycles. The molecular weight excluding hydrogens is 242 g/mol. The average Bonchev–Trinajstić information content (AvgIpc) is 2.71. The third-order valence-electron chi connectivity index (χ3n) is 2.35. The number of H-pyrrole nitrogens is 1. The van der Waals surface area contributed by atoms with Crippen molar-refractivity contribution in [3.05, 3.63) is 30.0 Å². The van der Waals surface area contributed by atoms with Crippen LogP contribution in [0.2, 0.25) is 0 Å². The van der Waals surface area contributed by atoms with Crippen molar-refractivity contribution in [2.45, 2.75) is 0 Å². The van der Waals surface area contributed by atoms with Gasteiger partial charge in [-0.15, -0.1) is 11.6 Å². The number of carbonyl (C=O) groups excluding carboxylic acids is 2. The van der Waals surface area contributed by atoms with Crippen molar-refractivity contribution in [1.82, 2.24) is 4.98 Å². The van der Waals surface area contributed by atoms with Gasteiger partial charge in [-0.1, -0.05) is 0 Å². The van der Waals surface area contributed by atoms with Gasteiger partial charge in [0.2, 0.25) is 5.91 Å². The smallest absolute Gasteiger partial charge is 0.250 e. The first kappa shape index (κ1) is 11.5. The molecule has 0 atom stereocenters. The number of anilines is 1. The largest absolute Gasteiger partial charge is 0.366 e. The number of alkyl halides is 1. The predicted octanol–water partition coefficient (Wildman–Crippen LogP) is 1.44. The number of amides is 2. The number of halogens is 1. The molecule has 0 aliphatic rings. The Morgan fingerprint density at radius 2 is 2.18 bits per heavy atom. The zero-order chi connectivity index (χ0) is 12.4. The summed E-state index contributed by atoms with van der Waals surface area (Å²) >= 11 is 5.38. The molecule has 2 amide bonds. The molecule has 2 aromatic rings. The van der Waals surface area contributed by atoms with Crippen LogP contribution in [0.4, 0.5) is 5.69 Å². The number of aromatic nitrogens is 1. The first-order valence-electron chi connectivity index (χ1n) is 4.88. The Morgan fingerprint density at radius 3 is 2.82 bits per heavy atom. The fourth-order valence-electron chi connectivity index (χ4n) is 1.60. The van der Waals surface area contributed by atoms with Crippen LogP contribution in [0.15, 0.2) is 24.4 Å². The maximum Gasteiger partial charge on any atom is 0.250 e. The Kier molecular flexibility index (Phi) is 3.01. The molecule has 5 nitrogen and oxygen atoms in total. The first-order chi connectivity index (χ1) is 8.11. The quantitative estimate of drug-likeness (QED) is 0.721. The molecule has 0 aliphatic carbocycles. The van der Waals surface area contributed by atoms with E-state index in [-0.39, 0.29) is 11.8 Å². The van der Waals surface area contributed by atoms with Crippen LogP contribution in [0, 0.1) is 0 Å². The van der Waals surface area contributed by atoms with Crippen LogP contribution < -0.4 is 11.1 Å². The third-order valence-corrected chi connectivity index (χ3v) is 2.60. The normalized spacial score (nSPS) is 10.4. The number of benzene rings is 1. The highest BCUT2D eigenvalue weighted by molar-refractivity contribution is 6.29. The van der Waals surface area contributed by atoms with Crippen molar-refractivity contribution in [3.63, 3.8) is 0 Å². The minimum atomic E-state index is -0.492. The SMILES string of the molecule is NC(=O)c1c[nH]c2cc(NC(=O)CCl)ccc12. The van der Waals surface area contributed by atoms with Gasteiger partial charge in [-0.3, -0.25) is 9.59 Å². The van der Waals surface area contributed by atoms with Gasteiger partial charge in [0.25, 0.3) is 5.91 Å². The van der Waals surface area contributed by atoms with Crippen LogP contribution in [0.1, 0.15) is 10.4 Å². The van der Waals surface area contributed by atoms with Crippen LogP contribution in [-0.4, -0.2) is 22.7 Å². The zero-order valence-electron chi connectivity index (χ0n) is 8.79. The summed E-state index contributed by atoms with van der Waals surface area (Å²) in [5.41, 5.74) is 6.98. The van der Waals surface area contributed by atoms with E-state index in [4.69, 9.17) is 17.3 Å². The first-order valence-corrected chi connectivity index (χ1v) is 5.42. The van der Waals surface area contributed by atoms with E-state index in [9.17, 15) is 9.59 Å². The number of primary amides is 1. The van der Waals surface area contributed by atoms with Crippen molar-refractivity contribution < 1.29 is 9.59 Å². The molecule has 2 rings (SSSR count). The van der Waals surface area contributed by atoms with Gasteiger partial charge in [-0.2, -0.15) is 0 Å². The van der Waals surface area contributed by atoms with Gasteiger partial charge in [-0.25, -0.2) is 0 Å². The molecule has 1 aromatic carbocycles. The van der Waals surface area contributed by atoms with E-state index in [2.05, 4.69) is 10.3 Å². The summed E-state index contributed by atoms with van der Waals surface area (Å²) < 4.78 is 0. The fourth-order valence-corrected chi connectivity index (χ4v) is 1.67. The zero-order valence-corrected chi connectivity index (χ0v) is 9.54. The summed E-state index contributed by atoms with van der Waals surface area (Å²) in [6, 6.07) is 5.12. The highest BCUT2D eigenvalue weighted by atomic mass is 35.5. The molecule has 0 saturated heterocycles. The van der Waals surface area contributed by atoms with Gasteiger partial charge in [0.15, 0.2) is 0 Å². The summed E-state index contributed by atoms with van der Waals surface area (Å²) in [6.07, 6.45) is 1.54. The second-order valence-corrected chi connectivity index (χ2v) is 3.78. The molecule has 6 heteroatoms. The Bertz CT molecular complexity index is 591. The number of fused-ring (bicyclic) bond motifs is 1. The van der Waals surface area contributed by atoms with Gasteiger partial charge >= 0.3 is 0 Å². The number of carbonyl (C=O) groups is 2. The van der Waals surface area contributed by atoms with Gasteiger partial charge in [0, 0.05) is 22.8 Å². The highest BCUT2D eigenvalue weighted by Crippen LogP contribution is 2.21. The molecule has 0 unspecified atom stereocenters. The van der Waals surface area contributed by atoms with E-state index >= 15 is 0 Å². The summed E-state index contributed by atoms with van der Waals surface area (Å²) in [6.45, 7) is 0. The van der Waals surface area contributed by atoms with Crippen LogP contribution in [-0.2, 0) is 4.79 Å². The van der Waals surface area contributed by atoms with E-state index in [1.165, 1.54) is 0 Å². The summed E-state index contributed by atoms with van der Waals surface area (Å²) in [5.74, 6) is -0.878. The van der Waals surface area contributed by atoms with Crippen LogP contribution >= 0.6 is 11.6 Å². The lowest BCUT2D eigenvalue weighted by atomic mass is 10.1. The van der Waals surface area contributed by atoms with Crippen molar-refractivity contribution in [2.24, 2.45) is 5.73 Å². The fraction of sp³-hybridized carbons (Fsp3) is 0.0909. The van der Waals surface area contributed by atoms with Crippen LogP contribution in [0.25, 0.3) is 10.9 Å². The van der Waals surface area contributed by atoms with Gasteiger partial charge in [0.1, 0.15) is 5.88 Å². The topological polar surface area (TPSA) is 88.0 Å². The maximum absolute atomic E-state index is 11.1. The van der Waals surface area contributed by atoms with E-state index in [1.54, 1.807) is 24.4 Å². The lowest BCUT2D eigenvalue weighted by Gasteiger charge is -2.02. The van der Waals surface area contributed by atoms with E-state index in [0.717, 1.165) is 10.9 Å². The minimum Gasteiger partial charge on any atom is -0.366 e. The molecule has 0 radical (unpaired) electrons. The molecular formula is C11H10ClN3O2. The molecule has 0 bridgehead atoms. The second kappa shape index (κ2) is 4.47. The monoisotopic (exact) mass is 251 g/mol. The molecule has 0 spiro atoms. The minimum absolute atomic E-state index is 0.102. The Hall–Kier alpha value is -2.01. The van der Waals surface area contributed by atoms with Crippen molar-refractivity contribution in [1.29, 1.82) is 0 Å². The molecule has 88 valence electrons. The lowest BCUT2D eigenvalue weighted by Crippen LogP contribution is -2.12. The Labute approximate surface area is 102 Å². The number of nitrogens with one attached hydrogen (secondary N) is 2. The molecule has 0 aliphatic heterocycles. The second-order valence-electron chi connectivity index (χ2n) is 3.51. The predicted molar refractivity (Wildman–Crippen MR) is 66.2 cm³/mol. The molecule has 17 heavy (non-hydrogen) atoms. The highest BCUT2D eigenvalue weighted by Gasteiger charge is 2.09. The van der Waals surface area contributed by atoms with Crippen molar-refractivity contribution >= 4 is 40.0 Å². The van der Waals surface area contributed by atoms with Crippen molar-refractivity contribution in [2.75, 3.05) is 11.2 Å². The van der Waals surface area contributed by atoms with Gasteiger partial charge in [-0.05, 0) is 18.2 Å². The van der Waals surface area contributed by atoms with Gasteiger partial charge < -0.3 is 16.0 Å². The van der Waals surface area contributed by atoms with Crippen LogP contribution in [0.3, 0.4) is 0 Å². The number of hydrogen-bond acceptors (Lipinski definition) is 2. The van der Waals surface area contributed by atoms with E-state index in [0.29, 0.717) is 11.3 Å². The molecule has 0 saturated carbocycles. The molecule has 0 fully saturated rings. The maximum atomic E-state index is 11.1. The third kappa shape index (κ3) is 2.24. The number of hydrogen-bond donors (Lipinski definition) is 3. The number of rotatable bonds is 3. The van der Waals surface area contributed by atoms with Gasteiger partial charge in [0.05, 0.1) is 5.56 Å². The standard InChI is InChI=1S/C11H10ClN3O2/c12-4-10(16)15-6-1-2-7-8(11(13)17)5-14-9(7)3-6/h1-3,5,14H,4H2,(H2,13,17)(H,15,16). The summed E-state index contributed by atoms with van der Waals surface area (Å²) in [4.78, 5) is 25.1. The Balaban J connectivity index is 2.39. The average molecular weight is 252 g/mol. The summed E-state index contributed by atoms with van der Waals surface area (Å²) in [5, 5.41) is 3.34. The summed E-state index contributed by atoms with van der Waals surface area (Å²) in [7, 11) is 0. The molecule has 4 N–H and O–H groups in total. The van der Waals surface area contributed by atoms with E-state index < -0.39 is 5.91 Å². The Morgan fingerprint density at radius 1 is 1.41 bits per heavy atom. The number of aromatic amines is 1. The number of nitrogens with two attached hydrogens (primary N) is 1.